The Morgan fingerprint density at radius 2 is 1.82 bits per heavy atom. The monoisotopic (exact) mass is 763 g/mol. The Hall–Kier alpha value is -4.56. The number of rotatable bonds is 9. The normalized spacial score (nSPS) is 23.9. The van der Waals surface area contributed by atoms with E-state index >= 15 is 8.78 Å². The molecule has 1 amide bonds. The van der Waals surface area contributed by atoms with Gasteiger partial charge in [0, 0.05) is 44.1 Å². The topological polar surface area (TPSA) is 110 Å². The minimum absolute atomic E-state index is 0.0779. The molecule has 4 aliphatic heterocycles. The molecule has 3 aromatic carbocycles. The summed E-state index contributed by atoms with van der Waals surface area (Å²) in [7, 11) is 1.48. The summed E-state index contributed by atoms with van der Waals surface area (Å²) in [6.45, 7) is 9.25. The second-order valence-corrected chi connectivity index (χ2v) is 16.4. The summed E-state index contributed by atoms with van der Waals surface area (Å²) in [4.78, 5) is 28.7. The van der Waals surface area contributed by atoms with Crippen LogP contribution in [-0.4, -0.2) is 107 Å². The van der Waals surface area contributed by atoms with Gasteiger partial charge in [0.2, 0.25) is 0 Å². The lowest BCUT2D eigenvalue weighted by Crippen LogP contribution is -2.57. The van der Waals surface area contributed by atoms with Crippen molar-refractivity contribution in [3.63, 3.8) is 0 Å². The number of amides is 1. The third kappa shape index (κ3) is 6.74. The number of alkyl halides is 1. The number of piperazine rings is 1. The highest BCUT2D eigenvalue weighted by molar-refractivity contribution is 6.05. The van der Waals surface area contributed by atoms with Crippen LogP contribution in [0.5, 0.6) is 17.5 Å². The maximum atomic E-state index is 17.5. The average molecular weight is 764 g/mol. The van der Waals surface area contributed by atoms with Crippen LogP contribution in [0, 0.1) is 11.6 Å². The Morgan fingerprint density at radius 1 is 1.05 bits per heavy atom. The fourth-order valence-corrected chi connectivity index (χ4v) is 9.32. The first-order valence-electron chi connectivity index (χ1n) is 19.2. The number of carbonyl (C=O) groups excluding carboxylic acids is 1. The number of aryl methyl sites for hydroxylation is 1. The highest BCUT2D eigenvalue weighted by Crippen LogP contribution is 2.46. The Morgan fingerprint density at radius 3 is 2.53 bits per heavy atom. The number of hydrogen-bond donors (Lipinski definition) is 1. The summed E-state index contributed by atoms with van der Waals surface area (Å²) in [5, 5.41) is 13.1. The molecule has 4 saturated heterocycles. The van der Waals surface area contributed by atoms with Crippen molar-refractivity contribution >= 4 is 33.6 Å². The zero-order chi connectivity index (χ0) is 38.8. The molecule has 11 nitrogen and oxygen atoms in total. The number of benzene rings is 3. The second-order valence-electron chi connectivity index (χ2n) is 16.4. The minimum Gasteiger partial charge on any atom is -0.507 e. The molecule has 4 fully saturated rings. The molecule has 294 valence electrons. The average Bonchev–Trinajstić information content (AvgIpc) is 3.75. The molecular weight excluding hydrogens is 715 g/mol. The standard InChI is InChI=1S/C41H48F3N5O6/c1-6-28-31(43)11-8-23-14-27(54-22-52-5)15-29(33(23)28)34-32(50)16-30-36(35(34)44)45-38(53-21-41-12-7-13-48(41)18-24(42)17-41)46-37(30)47-19-25-9-10-26(20-47)49(25)39(51)55-40(2,3)4/h8,11,14-16,24-26,50H,6-7,9-10,12-13,17-22H2,1-5H3/t24-,25?,26?,41+/m1/s1. The molecule has 55 heavy (non-hydrogen) atoms. The van der Waals surface area contributed by atoms with Crippen molar-refractivity contribution in [1.29, 1.82) is 0 Å². The maximum absolute atomic E-state index is 17.5. The first kappa shape index (κ1) is 37.4. The van der Waals surface area contributed by atoms with E-state index in [-0.39, 0.29) is 59.6 Å². The highest BCUT2D eigenvalue weighted by Gasteiger charge is 2.50. The van der Waals surface area contributed by atoms with Crippen molar-refractivity contribution in [2.45, 2.75) is 95.6 Å². The number of carbonyl (C=O) groups is 1. The molecule has 5 heterocycles. The van der Waals surface area contributed by atoms with Crippen molar-refractivity contribution in [2.75, 3.05) is 51.6 Å². The lowest BCUT2D eigenvalue weighted by atomic mass is 9.91. The number of phenols is 1. The van der Waals surface area contributed by atoms with Gasteiger partial charge in [-0.1, -0.05) is 13.0 Å². The molecule has 4 aliphatic rings. The van der Waals surface area contributed by atoms with Crippen LogP contribution in [0.4, 0.5) is 23.8 Å². The molecule has 14 heteroatoms. The molecular formula is C41H48F3N5O6. The number of aromatic nitrogens is 2. The molecule has 0 saturated carbocycles. The summed E-state index contributed by atoms with van der Waals surface area (Å²) in [6.07, 6.45) is 2.50. The number of anilines is 1. The Balaban J connectivity index is 1.26. The second kappa shape index (κ2) is 14.2. The van der Waals surface area contributed by atoms with E-state index in [1.807, 2.05) is 32.6 Å². The molecule has 1 aromatic heterocycles. The van der Waals surface area contributed by atoms with E-state index in [2.05, 4.69) is 9.88 Å². The van der Waals surface area contributed by atoms with Crippen molar-refractivity contribution in [3.05, 3.63) is 47.5 Å². The summed E-state index contributed by atoms with van der Waals surface area (Å²) in [5.74, 6) is -1.01. The summed E-state index contributed by atoms with van der Waals surface area (Å²) >= 11 is 0. The highest BCUT2D eigenvalue weighted by atomic mass is 19.1. The summed E-state index contributed by atoms with van der Waals surface area (Å²) < 4.78 is 70.5. The number of phenolic OH excluding ortho intramolecular Hbond substituents is 1. The number of halogens is 3. The van der Waals surface area contributed by atoms with Crippen molar-refractivity contribution in [3.8, 4) is 28.6 Å². The van der Waals surface area contributed by atoms with Crippen LogP contribution >= 0.6 is 0 Å². The van der Waals surface area contributed by atoms with Gasteiger partial charge in [0.05, 0.1) is 23.2 Å². The third-order valence-electron chi connectivity index (χ3n) is 11.6. The molecule has 2 bridgehead atoms. The van der Waals surface area contributed by atoms with E-state index in [9.17, 15) is 14.3 Å². The van der Waals surface area contributed by atoms with Gasteiger partial charge in [0.1, 0.15) is 47.0 Å². The van der Waals surface area contributed by atoms with Gasteiger partial charge < -0.3 is 29.0 Å². The number of hydrogen-bond acceptors (Lipinski definition) is 10. The largest absolute Gasteiger partial charge is 0.507 e. The first-order chi connectivity index (χ1) is 26.3. The van der Waals surface area contributed by atoms with E-state index in [0.29, 0.717) is 60.4 Å². The van der Waals surface area contributed by atoms with Crippen LogP contribution in [0.25, 0.3) is 32.8 Å². The zero-order valence-electron chi connectivity index (χ0n) is 32.0. The number of fused-ring (bicyclic) bond motifs is 5. The van der Waals surface area contributed by atoms with Crippen LogP contribution in [-0.2, 0) is 15.9 Å². The smallest absolute Gasteiger partial charge is 0.410 e. The molecule has 0 spiro atoms. The van der Waals surface area contributed by atoms with Gasteiger partial charge in [-0.15, -0.1) is 0 Å². The zero-order valence-corrected chi connectivity index (χ0v) is 32.0. The lowest BCUT2D eigenvalue weighted by molar-refractivity contribution is 0.0122. The van der Waals surface area contributed by atoms with Gasteiger partial charge in [-0.3, -0.25) is 9.80 Å². The van der Waals surface area contributed by atoms with Crippen LogP contribution in [0.2, 0.25) is 0 Å². The molecule has 1 N–H and O–H groups in total. The van der Waals surface area contributed by atoms with Gasteiger partial charge in [-0.2, -0.15) is 9.97 Å². The predicted octanol–water partition coefficient (Wildman–Crippen LogP) is 7.52. The molecule has 2 unspecified atom stereocenters. The molecule has 0 aliphatic carbocycles. The summed E-state index contributed by atoms with van der Waals surface area (Å²) in [6, 6.07) is 7.24. The number of ether oxygens (including phenoxy) is 4. The van der Waals surface area contributed by atoms with Crippen LogP contribution in [0.3, 0.4) is 0 Å². The van der Waals surface area contributed by atoms with Gasteiger partial charge in [-0.25, -0.2) is 18.0 Å². The van der Waals surface area contributed by atoms with Gasteiger partial charge in [0.15, 0.2) is 12.6 Å². The SMILES string of the molecule is CCc1c(F)ccc2cc(OCOC)cc(-c3c(O)cc4c(N5CC6CCC(C5)N6C(=O)OC(C)(C)C)nc(OC[C@@]56CCCN5C[C@H](F)C6)nc4c3F)c12. The number of nitrogens with zero attached hydrogens (tertiary/aromatic N) is 5. The number of methoxy groups -OCH3 is 1. The number of aromatic hydroxyl groups is 1. The Kier molecular flexibility index (Phi) is 9.64. The van der Waals surface area contributed by atoms with E-state index in [0.717, 1.165) is 32.2 Å². The molecule has 4 aromatic rings. The fraction of sp³-hybridized carbons (Fsp3) is 0.537. The van der Waals surface area contributed by atoms with Gasteiger partial charge >= 0.3 is 12.1 Å². The molecule has 8 rings (SSSR count). The Bertz CT molecular complexity index is 2130. The van der Waals surface area contributed by atoms with Gasteiger partial charge in [0.25, 0.3) is 0 Å². The van der Waals surface area contributed by atoms with E-state index in [4.69, 9.17) is 23.9 Å². The van der Waals surface area contributed by atoms with Gasteiger partial charge in [-0.05, 0) is 100 Å². The van der Waals surface area contributed by atoms with Crippen LogP contribution in [0.1, 0.15) is 65.4 Å². The molecule has 0 radical (unpaired) electrons. The van der Waals surface area contributed by atoms with E-state index in [1.54, 1.807) is 23.1 Å². The maximum Gasteiger partial charge on any atom is 0.410 e. The predicted molar refractivity (Wildman–Crippen MR) is 202 cm³/mol. The first-order valence-corrected chi connectivity index (χ1v) is 19.2. The summed E-state index contributed by atoms with van der Waals surface area (Å²) in [5.41, 5.74) is -0.853. The minimum atomic E-state index is -0.965. The van der Waals surface area contributed by atoms with Crippen molar-refractivity contribution in [2.24, 2.45) is 0 Å². The van der Waals surface area contributed by atoms with Crippen molar-refractivity contribution < 1.29 is 42.0 Å². The fourth-order valence-electron chi connectivity index (χ4n) is 9.32. The molecule has 4 atom stereocenters. The third-order valence-corrected chi connectivity index (χ3v) is 11.6. The van der Waals surface area contributed by atoms with Crippen LogP contribution in [0.15, 0.2) is 30.3 Å². The quantitative estimate of drug-likeness (QED) is 0.172. The van der Waals surface area contributed by atoms with Crippen LogP contribution < -0.4 is 14.4 Å². The van der Waals surface area contributed by atoms with Crippen molar-refractivity contribution in [1.82, 2.24) is 19.8 Å². The van der Waals surface area contributed by atoms with E-state index < -0.39 is 34.7 Å². The van der Waals surface area contributed by atoms with E-state index in [1.165, 1.54) is 19.2 Å². The lowest BCUT2D eigenvalue weighted by Gasteiger charge is -2.42. The Labute approximate surface area is 318 Å².